The highest BCUT2D eigenvalue weighted by Gasteiger charge is 2.17. The fraction of sp³-hybridized carbons (Fsp3) is 0.125. The Morgan fingerprint density at radius 2 is 1.12 bits per heavy atom. The van der Waals surface area contributed by atoms with E-state index >= 15 is 0 Å². The summed E-state index contributed by atoms with van der Waals surface area (Å²) in [5.41, 5.74) is 2.53. The lowest BCUT2D eigenvalue weighted by molar-refractivity contribution is 1.09. The van der Waals surface area contributed by atoms with Crippen LogP contribution in [0.3, 0.4) is 0 Å². The van der Waals surface area contributed by atoms with Crippen LogP contribution in [0, 0.1) is 6.92 Å². The van der Waals surface area contributed by atoms with Crippen LogP contribution < -0.4 is 0 Å². The predicted octanol–water partition coefficient (Wildman–Crippen LogP) is 11.1. The second kappa shape index (κ2) is 8.23. The molecule has 0 nitrogen and oxygen atoms in total. The maximum Gasteiger partial charge on any atom is 0.0542 e. The molecule has 0 amide bonds. The van der Waals surface area contributed by atoms with E-state index in [-0.39, 0.29) is 0 Å². The molecule has 166 valence electrons. The van der Waals surface area contributed by atoms with Gasteiger partial charge in [-0.25, -0.2) is 0 Å². The van der Waals surface area contributed by atoms with E-state index in [0.717, 1.165) is 0 Å². The van der Waals surface area contributed by atoms with Crippen LogP contribution in [0.1, 0.15) is 31.4 Å². The van der Waals surface area contributed by atoms with Gasteiger partial charge in [0.15, 0.2) is 0 Å². The molecule has 0 aliphatic carbocycles. The Bertz CT molecular complexity index is 1880. The molecule has 2 heteroatoms. The fourth-order valence-electron chi connectivity index (χ4n) is 5.06. The van der Waals surface area contributed by atoms with Crippen LogP contribution in [0.2, 0.25) is 0 Å². The molecule has 0 bridgehead atoms. The van der Waals surface area contributed by atoms with Crippen molar-refractivity contribution in [2.24, 2.45) is 0 Å². The lowest BCUT2D eigenvalue weighted by Gasteiger charge is -2.07. The minimum Gasteiger partial charge on any atom is -0.133 e. The van der Waals surface area contributed by atoms with Crippen molar-refractivity contribution in [2.75, 3.05) is 0 Å². The fourth-order valence-corrected chi connectivity index (χ4v) is 7.95. The first-order valence-electron chi connectivity index (χ1n) is 11.9. The molecule has 7 rings (SSSR count). The van der Waals surface area contributed by atoms with Crippen molar-refractivity contribution in [1.29, 1.82) is 0 Å². The van der Waals surface area contributed by atoms with Gasteiger partial charge in [-0.15, -0.1) is 22.7 Å². The molecule has 7 aromatic rings. The lowest BCUT2D eigenvalue weighted by atomic mass is 9.99. The summed E-state index contributed by atoms with van der Waals surface area (Å²) in [6, 6.07) is 27.0. The van der Waals surface area contributed by atoms with Crippen LogP contribution >= 0.6 is 22.7 Å². The standard InChI is InChI=1S/C29H18S2.C3H8/c1-3-17-8-10-22-19(16(17)2)12-14-24-26(22)30-29-25-15-13-21-20-7-5-4-6-18(20)9-11-23(21)27(25)31-28(24)29;1-3-2/h3-15H,1H2,2H3;3H2,1-2H3. The third-order valence-electron chi connectivity index (χ3n) is 6.66. The van der Waals surface area contributed by atoms with E-state index < -0.39 is 0 Å². The van der Waals surface area contributed by atoms with Crippen LogP contribution in [-0.2, 0) is 0 Å². The average molecular weight is 475 g/mol. The number of hydrogen-bond acceptors (Lipinski definition) is 2. The molecule has 0 aliphatic heterocycles. The van der Waals surface area contributed by atoms with Gasteiger partial charge in [0.1, 0.15) is 0 Å². The first-order chi connectivity index (χ1) is 16.7. The van der Waals surface area contributed by atoms with Crippen molar-refractivity contribution in [1.82, 2.24) is 0 Å². The maximum atomic E-state index is 3.97. The summed E-state index contributed by atoms with van der Waals surface area (Å²) in [4.78, 5) is 0. The zero-order chi connectivity index (χ0) is 23.4. The van der Waals surface area contributed by atoms with E-state index in [9.17, 15) is 0 Å². The molecule has 34 heavy (non-hydrogen) atoms. The van der Waals surface area contributed by atoms with Gasteiger partial charge in [-0.2, -0.15) is 0 Å². The quantitative estimate of drug-likeness (QED) is 0.208. The number of benzene rings is 5. The zero-order valence-corrected chi connectivity index (χ0v) is 21.4. The van der Waals surface area contributed by atoms with Crippen molar-refractivity contribution >= 4 is 90.6 Å². The molecule has 0 aliphatic rings. The van der Waals surface area contributed by atoms with E-state index in [1.165, 1.54) is 79.4 Å². The topological polar surface area (TPSA) is 0 Å². The van der Waals surface area contributed by atoms with Gasteiger partial charge in [0.05, 0.1) is 9.40 Å². The summed E-state index contributed by atoms with van der Waals surface area (Å²) in [5.74, 6) is 0. The highest BCUT2D eigenvalue weighted by Crippen LogP contribution is 2.48. The van der Waals surface area contributed by atoms with E-state index in [2.05, 4.69) is 100 Å². The van der Waals surface area contributed by atoms with Crippen LogP contribution in [-0.4, -0.2) is 0 Å². The summed E-state index contributed by atoms with van der Waals surface area (Å²) >= 11 is 3.90. The minimum atomic E-state index is 1.22. The van der Waals surface area contributed by atoms with Crippen molar-refractivity contribution in [2.45, 2.75) is 27.2 Å². The molecule has 0 spiro atoms. The predicted molar refractivity (Wildman–Crippen MR) is 158 cm³/mol. The Balaban J connectivity index is 0.000000691. The van der Waals surface area contributed by atoms with Gasteiger partial charge < -0.3 is 0 Å². The van der Waals surface area contributed by atoms with Gasteiger partial charge in [-0.3, -0.25) is 0 Å². The van der Waals surface area contributed by atoms with Gasteiger partial charge in [0.25, 0.3) is 0 Å². The Labute approximate surface area is 207 Å². The highest BCUT2D eigenvalue weighted by molar-refractivity contribution is 7.37. The highest BCUT2D eigenvalue weighted by atomic mass is 32.1. The molecule has 0 fully saturated rings. The molecule has 0 N–H and O–H groups in total. The van der Waals surface area contributed by atoms with Gasteiger partial charge >= 0.3 is 0 Å². The van der Waals surface area contributed by atoms with E-state index in [4.69, 9.17) is 0 Å². The molecular formula is C32H26S2. The minimum absolute atomic E-state index is 1.22. The van der Waals surface area contributed by atoms with Crippen molar-refractivity contribution in [3.63, 3.8) is 0 Å². The van der Waals surface area contributed by atoms with Gasteiger partial charge in [-0.05, 0) is 45.0 Å². The summed E-state index contributed by atoms with van der Waals surface area (Å²) in [5, 5.41) is 10.8. The Morgan fingerprint density at radius 3 is 1.79 bits per heavy atom. The molecule has 2 aromatic heterocycles. The van der Waals surface area contributed by atoms with Gasteiger partial charge in [0, 0.05) is 25.6 Å². The lowest BCUT2D eigenvalue weighted by Crippen LogP contribution is -1.83. The number of hydrogen-bond donors (Lipinski definition) is 0. The number of aryl methyl sites for hydroxylation is 1. The molecule has 0 unspecified atom stereocenters. The van der Waals surface area contributed by atoms with Crippen LogP contribution in [0.15, 0.2) is 79.4 Å². The molecule has 0 atom stereocenters. The second-order valence-electron chi connectivity index (χ2n) is 8.91. The number of rotatable bonds is 1. The molecule has 2 heterocycles. The van der Waals surface area contributed by atoms with Crippen molar-refractivity contribution < 1.29 is 0 Å². The summed E-state index contributed by atoms with van der Waals surface area (Å²) < 4.78 is 5.65. The first-order valence-corrected chi connectivity index (χ1v) is 13.5. The van der Waals surface area contributed by atoms with Gasteiger partial charge in [0.2, 0.25) is 0 Å². The SMILES string of the molecule is C=Cc1ccc2c(ccc3c2sc2c4ccc5c6ccccc6ccc5c4sc32)c1C.CCC. The third kappa shape index (κ3) is 3.02. The number of thiophene rings is 2. The Hall–Kier alpha value is -3.20. The van der Waals surface area contributed by atoms with Crippen LogP contribution in [0.25, 0.3) is 68.0 Å². The van der Waals surface area contributed by atoms with Gasteiger partial charge in [-0.1, -0.05) is 106 Å². The third-order valence-corrected chi connectivity index (χ3v) is 9.34. The number of fused-ring (bicyclic) bond motifs is 11. The second-order valence-corrected chi connectivity index (χ2v) is 11.0. The normalized spacial score (nSPS) is 11.6. The molecule has 0 saturated heterocycles. The Kier molecular flexibility index (Phi) is 5.17. The summed E-state index contributed by atoms with van der Waals surface area (Å²) in [7, 11) is 0. The Morgan fingerprint density at radius 1 is 0.588 bits per heavy atom. The van der Waals surface area contributed by atoms with E-state index in [0.29, 0.717) is 0 Å². The average Bonchev–Trinajstić information content (AvgIpc) is 3.41. The van der Waals surface area contributed by atoms with Crippen molar-refractivity contribution in [3.05, 3.63) is 90.5 Å². The van der Waals surface area contributed by atoms with E-state index in [1.54, 1.807) is 0 Å². The van der Waals surface area contributed by atoms with E-state index in [1.807, 2.05) is 28.7 Å². The van der Waals surface area contributed by atoms with Crippen LogP contribution in [0.5, 0.6) is 0 Å². The molecular weight excluding hydrogens is 448 g/mol. The zero-order valence-electron chi connectivity index (χ0n) is 19.7. The molecule has 0 saturated carbocycles. The summed E-state index contributed by atoms with van der Waals surface area (Å²) in [6.45, 7) is 10.4. The monoisotopic (exact) mass is 474 g/mol. The smallest absolute Gasteiger partial charge is 0.0542 e. The maximum absolute atomic E-state index is 3.97. The molecule has 5 aromatic carbocycles. The largest absolute Gasteiger partial charge is 0.133 e. The first kappa shape index (κ1) is 21.3. The summed E-state index contributed by atoms with van der Waals surface area (Å²) in [6.07, 6.45) is 3.20. The van der Waals surface area contributed by atoms with Crippen molar-refractivity contribution in [3.8, 4) is 0 Å². The van der Waals surface area contributed by atoms with Crippen LogP contribution in [0.4, 0.5) is 0 Å². The molecule has 0 radical (unpaired) electrons.